The number of phenols is 1. The second kappa shape index (κ2) is 11.2. The summed E-state index contributed by atoms with van der Waals surface area (Å²) in [4.78, 5) is 0. The molecule has 0 amide bonds. The molecule has 0 aliphatic rings. The molecule has 0 aliphatic heterocycles. The molecule has 6 heteroatoms. The Labute approximate surface area is 199 Å². The standard InChI is InChI=1S/C14H15N3.C14H14N2O/c2*15-12-5-3-10(4-6-12)1-2-11-7-13(16)9-14(17)8-11/h1-9H,15-17H2;1-9,17H,15-16H2. The highest BCUT2D eigenvalue weighted by molar-refractivity contribution is 5.74. The van der Waals surface area contributed by atoms with Crippen LogP contribution < -0.4 is 28.7 Å². The molecule has 4 rings (SSSR count). The molecule has 0 aromatic heterocycles. The van der Waals surface area contributed by atoms with Gasteiger partial charge in [-0.3, -0.25) is 0 Å². The zero-order chi connectivity index (χ0) is 24.5. The van der Waals surface area contributed by atoms with Crippen molar-refractivity contribution in [3.8, 4) is 5.75 Å². The second-order valence-electron chi connectivity index (χ2n) is 7.79. The molecule has 0 aliphatic carbocycles. The van der Waals surface area contributed by atoms with E-state index in [0.29, 0.717) is 17.1 Å². The van der Waals surface area contributed by atoms with Crippen molar-refractivity contribution in [1.29, 1.82) is 0 Å². The summed E-state index contributed by atoms with van der Waals surface area (Å²) in [6.45, 7) is 0. The smallest absolute Gasteiger partial charge is 0.118 e. The minimum Gasteiger partial charge on any atom is -0.508 e. The fraction of sp³-hybridized carbons (Fsp3) is 0. The Hall–Kier alpha value is -4.84. The molecule has 11 N–H and O–H groups in total. The van der Waals surface area contributed by atoms with Gasteiger partial charge in [0.05, 0.1) is 0 Å². The van der Waals surface area contributed by atoms with Gasteiger partial charge in [-0.25, -0.2) is 0 Å². The summed E-state index contributed by atoms with van der Waals surface area (Å²) in [6.07, 6.45) is 7.79. The Morgan fingerprint density at radius 1 is 0.382 bits per heavy atom. The number of nitrogen functional groups attached to an aromatic ring is 5. The van der Waals surface area contributed by atoms with Gasteiger partial charge < -0.3 is 33.8 Å². The van der Waals surface area contributed by atoms with Crippen LogP contribution >= 0.6 is 0 Å². The average molecular weight is 452 g/mol. The largest absolute Gasteiger partial charge is 0.508 e. The van der Waals surface area contributed by atoms with E-state index in [-0.39, 0.29) is 5.75 Å². The van der Waals surface area contributed by atoms with Gasteiger partial charge >= 0.3 is 0 Å². The van der Waals surface area contributed by atoms with E-state index < -0.39 is 0 Å². The number of aromatic hydroxyl groups is 1. The van der Waals surface area contributed by atoms with Crippen LogP contribution in [0.2, 0.25) is 0 Å². The summed E-state index contributed by atoms with van der Waals surface area (Å²) < 4.78 is 0. The van der Waals surface area contributed by atoms with Crippen molar-refractivity contribution in [3.05, 3.63) is 107 Å². The van der Waals surface area contributed by atoms with E-state index >= 15 is 0 Å². The summed E-state index contributed by atoms with van der Waals surface area (Å²) in [5, 5.41) is 9.40. The van der Waals surface area contributed by atoms with Gasteiger partial charge in [-0.2, -0.15) is 0 Å². The van der Waals surface area contributed by atoms with E-state index in [4.69, 9.17) is 28.7 Å². The zero-order valence-electron chi connectivity index (χ0n) is 18.7. The van der Waals surface area contributed by atoms with Gasteiger partial charge in [0.25, 0.3) is 0 Å². The van der Waals surface area contributed by atoms with Crippen molar-refractivity contribution in [3.63, 3.8) is 0 Å². The molecule has 0 fully saturated rings. The predicted molar refractivity (Wildman–Crippen MR) is 147 cm³/mol. The fourth-order valence-corrected chi connectivity index (χ4v) is 3.15. The number of phenolic OH excluding ortho intramolecular Hbond substituents is 1. The Kier molecular flexibility index (Phi) is 7.81. The Morgan fingerprint density at radius 3 is 1.15 bits per heavy atom. The third kappa shape index (κ3) is 7.69. The van der Waals surface area contributed by atoms with E-state index in [1.54, 1.807) is 18.2 Å². The third-order valence-corrected chi connectivity index (χ3v) is 4.77. The van der Waals surface area contributed by atoms with Gasteiger partial charge in [-0.1, -0.05) is 48.6 Å². The molecule has 0 bridgehead atoms. The van der Waals surface area contributed by atoms with Crippen molar-refractivity contribution in [2.24, 2.45) is 0 Å². The molecule has 0 saturated heterocycles. The minimum absolute atomic E-state index is 0.168. The third-order valence-electron chi connectivity index (χ3n) is 4.77. The summed E-state index contributed by atoms with van der Waals surface area (Å²) in [5.74, 6) is 0.168. The maximum Gasteiger partial charge on any atom is 0.118 e. The number of nitrogens with two attached hydrogens (primary N) is 5. The lowest BCUT2D eigenvalue weighted by Crippen LogP contribution is -1.90. The van der Waals surface area contributed by atoms with Crippen LogP contribution in [0.4, 0.5) is 28.4 Å². The molecular weight excluding hydrogens is 422 g/mol. The first-order chi connectivity index (χ1) is 16.3. The van der Waals surface area contributed by atoms with Gasteiger partial charge in [-0.05, 0) is 76.9 Å². The number of hydrogen-bond donors (Lipinski definition) is 6. The first-order valence-electron chi connectivity index (χ1n) is 10.6. The van der Waals surface area contributed by atoms with E-state index in [0.717, 1.165) is 33.6 Å². The summed E-state index contributed by atoms with van der Waals surface area (Å²) in [7, 11) is 0. The highest BCUT2D eigenvalue weighted by Crippen LogP contribution is 2.19. The molecule has 0 unspecified atom stereocenters. The van der Waals surface area contributed by atoms with Crippen LogP contribution in [-0.4, -0.2) is 5.11 Å². The molecule has 0 radical (unpaired) electrons. The summed E-state index contributed by atoms with van der Waals surface area (Å²) >= 11 is 0. The van der Waals surface area contributed by atoms with E-state index in [9.17, 15) is 5.11 Å². The van der Waals surface area contributed by atoms with Gasteiger partial charge in [0.2, 0.25) is 0 Å². The van der Waals surface area contributed by atoms with Crippen LogP contribution in [0.25, 0.3) is 24.3 Å². The first-order valence-corrected chi connectivity index (χ1v) is 10.6. The van der Waals surface area contributed by atoms with Crippen molar-refractivity contribution >= 4 is 52.7 Å². The van der Waals surface area contributed by atoms with Crippen LogP contribution in [0.15, 0.2) is 84.9 Å². The van der Waals surface area contributed by atoms with Gasteiger partial charge in [-0.15, -0.1) is 0 Å². The van der Waals surface area contributed by atoms with Crippen LogP contribution in [-0.2, 0) is 0 Å². The Balaban J connectivity index is 0.000000191. The number of benzene rings is 4. The van der Waals surface area contributed by atoms with Gasteiger partial charge in [0, 0.05) is 34.5 Å². The fourth-order valence-electron chi connectivity index (χ4n) is 3.15. The van der Waals surface area contributed by atoms with Crippen LogP contribution in [0.3, 0.4) is 0 Å². The Morgan fingerprint density at radius 2 is 0.735 bits per heavy atom. The van der Waals surface area contributed by atoms with E-state index in [1.807, 2.05) is 85.0 Å². The molecule has 0 saturated carbocycles. The van der Waals surface area contributed by atoms with Crippen LogP contribution in [0, 0.1) is 0 Å². The van der Waals surface area contributed by atoms with Gasteiger partial charge in [0.15, 0.2) is 0 Å². The molecule has 34 heavy (non-hydrogen) atoms. The molecule has 172 valence electrons. The van der Waals surface area contributed by atoms with Crippen LogP contribution in [0.5, 0.6) is 5.75 Å². The van der Waals surface area contributed by atoms with E-state index in [1.165, 1.54) is 6.07 Å². The van der Waals surface area contributed by atoms with Crippen molar-refractivity contribution in [2.45, 2.75) is 0 Å². The van der Waals surface area contributed by atoms with Crippen molar-refractivity contribution in [2.75, 3.05) is 28.7 Å². The Bertz CT molecular complexity index is 1150. The lowest BCUT2D eigenvalue weighted by Gasteiger charge is -2.00. The molecule has 0 spiro atoms. The quantitative estimate of drug-likeness (QED) is 0.182. The zero-order valence-corrected chi connectivity index (χ0v) is 18.7. The summed E-state index contributed by atoms with van der Waals surface area (Å²) in [5.41, 5.74) is 35.6. The second-order valence-corrected chi connectivity index (χ2v) is 7.79. The number of hydrogen-bond acceptors (Lipinski definition) is 6. The molecule has 0 heterocycles. The SMILES string of the molecule is Nc1ccc(C=Cc2cc(N)cc(N)c2)cc1.Nc1ccc(C=Cc2cc(N)cc(O)c2)cc1. The topological polar surface area (TPSA) is 150 Å². The average Bonchev–Trinajstić information content (AvgIpc) is 2.78. The number of rotatable bonds is 4. The highest BCUT2D eigenvalue weighted by Gasteiger charge is 1.95. The van der Waals surface area contributed by atoms with Crippen molar-refractivity contribution < 1.29 is 5.11 Å². The molecule has 6 nitrogen and oxygen atoms in total. The predicted octanol–water partition coefficient (Wildman–Crippen LogP) is 5.33. The van der Waals surface area contributed by atoms with Crippen molar-refractivity contribution in [1.82, 2.24) is 0 Å². The number of anilines is 5. The molecule has 4 aromatic rings. The lowest BCUT2D eigenvalue weighted by atomic mass is 10.1. The first kappa shape index (κ1) is 23.8. The van der Waals surface area contributed by atoms with Gasteiger partial charge in [0.1, 0.15) is 5.75 Å². The lowest BCUT2D eigenvalue weighted by molar-refractivity contribution is 0.475. The molecule has 4 aromatic carbocycles. The highest BCUT2D eigenvalue weighted by atomic mass is 16.3. The molecular formula is C28H29N5O. The normalized spacial score (nSPS) is 10.8. The monoisotopic (exact) mass is 451 g/mol. The van der Waals surface area contributed by atoms with E-state index in [2.05, 4.69) is 0 Å². The molecule has 0 atom stereocenters. The minimum atomic E-state index is 0.168. The maximum atomic E-state index is 9.40. The van der Waals surface area contributed by atoms with Crippen LogP contribution in [0.1, 0.15) is 22.3 Å². The summed E-state index contributed by atoms with van der Waals surface area (Å²) in [6, 6.07) is 25.7. The maximum absolute atomic E-state index is 9.40.